The average molecular weight is 222 g/mol. The second-order valence-electron chi connectivity index (χ2n) is 5.11. The van der Waals surface area contributed by atoms with E-state index < -0.39 is 0 Å². The van der Waals surface area contributed by atoms with Crippen molar-refractivity contribution in [3.8, 4) is 0 Å². The molecule has 1 heterocycles. The Kier molecular flexibility index (Phi) is 4.90. The molecule has 0 amide bonds. The van der Waals surface area contributed by atoms with Crippen molar-refractivity contribution < 1.29 is 5.11 Å². The Morgan fingerprint density at radius 1 is 1.38 bits per heavy atom. The van der Waals surface area contributed by atoms with Gasteiger partial charge in [-0.05, 0) is 29.9 Å². The van der Waals surface area contributed by atoms with Crippen LogP contribution in [0.15, 0.2) is 18.5 Å². The monoisotopic (exact) mass is 222 g/mol. The van der Waals surface area contributed by atoms with Gasteiger partial charge in [0, 0.05) is 32.1 Å². The van der Waals surface area contributed by atoms with Crippen LogP contribution in [0.3, 0.4) is 0 Å². The predicted molar refractivity (Wildman–Crippen MR) is 66.2 cm³/mol. The fraction of sp³-hybridized carbons (Fsp3) is 0.615. The fourth-order valence-electron chi connectivity index (χ4n) is 1.65. The van der Waals surface area contributed by atoms with Crippen LogP contribution < -0.4 is 5.32 Å². The first-order valence-electron chi connectivity index (χ1n) is 5.76. The van der Waals surface area contributed by atoms with Crippen LogP contribution in [0, 0.1) is 12.3 Å². The number of hydrogen-bond acceptors (Lipinski definition) is 3. The average Bonchev–Trinajstić information content (AvgIpc) is 2.17. The lowest BCUT2D eigenvalue weighted by Gasteiger charge is -2.23. The van der Waals surface area contributed by atoms with Crippen molar-refractivity contribution in [2.24, 2.45) is 5.41 Å². The molecule has 16 heavy (non-hydrogen) atoms. The summed E-state index contributed by atoms with van der Waals surface area (Å²) in [5.74, 6) is 0. The second kappa shape index (κ2) is 5.97. The van der Waals surface area contributed by atoms with Gasteiger partial charge in [-0.1, -0.05) is 19.9 Å². The van der Waals surface area contributed by atoms with Crippen molar-refractivity contribution in [2.75, 3.05) is 13.2 Å². The van der Waals surface area contributed by atoms with Crippen LogP contribution in [0.4, 0.5) is 0 Å². The topological polar surface area (TPSA) is 45.2 Å². The number of aliphatic hydroxyl groups is 1. The molecule has 0 spiro atoms. The van der Waals surface area contributed by atoms with Gasteiger partial charge in [-0.2, -0.15) is 0 Å². The molecule has 0 unspecified atom stereocenters. The molecular weight excluding hydrogens is 200 g/mol. The van der Waals surface area contributed by atoms with Crippen molar-refractivity contribution in [3.05, 3.63) is 29.6 Å². The third kappa shape index (κ3) is 4.73. The van der Waals surface area contributed by atoms with Gasteiger partial charge in [-0.15, -0.1) is 0 Å². The van der Waals surface area contributed by atoms with E-state index in [2.05, 4.69) is 30.2 Å². The van der Waals surface area contributed by atoms with E-state index in [1.165, 1.54) is 11.1 Å². The van der Waals surface area contributed by atoms with Crippen LogP contribution in [0.25, 0.3) is 0 Å². The summed E-state index contributed by atoms with van der Waals surface area (Å²) in [5.41, 5.74) is 2.54. The highest BCUT2D eigenvalue weighted by Crippen LogP contribution is 2.18. The molecule has 1 aromatic rings. The highest BCUT2D eigenvalue weighted by Gasteiger charge is 2.16. The van der Waals surface area contributed by atoms with Crippen LogP contribution in [-0.2, 0) is 6.54 Å². The number of rotatable bonds is 6. The first-order valence-corrected chi connectivity index (χ1v) is 5.76. The van der Waals surface area contributed by atoms with Crippen LogP contribution in [0.1, 0.15) is 31.4 Å². The summed E-state index contributed by atoms with van der Waals surface area (Å²) < 4.78 is 0. The second-order valence-corrected chi connectivity index (χ2v) is 5.11. The molecule has 0 aromatic carbocycles. The quantitative estimate of drug-likeness (QED) is 0.772. The highest BCUT2D eigenvalue weighted by molar-refractivity contribution is 5.16. The van der Waals surface area contributed by atoms with Crippen LogP contribution >= 0.6 is 0 Å². The summed E-state index contributed by atoms with van der Waals surface area (Å²) in [6.45, 7) is 8.35. The third-order valence-corrected chi connectivity index (χ3v) is 2.65. The first-order chi connectivity index (χ1) is 7.53. The number of hydrogen-bond donors (Lipinski definition) is 2. The molecule has 3 nitrogen and oxygen atoms in total. The summed E-state index contributed by atoms with van der Waals surface area (Å²) in [4.78, 5) is 4.16. The number of aromatic nitrogens is 1. The van der Waals surface area contributed by atoms with Crippen molar-refractivity contribution in [3.63, 3.8) is 0 Å². The van der Waals surface area contributed by atoms with Crippen LogP contribution in [-0.4, -0.2) is 23.2 Å². The van der Waals surface area contributed by atoms with E-state index in [-0.39, 0.29) is 12.0 Å². The molecule has 1 rings (SSSR count). The van der Waals surface area contributed by atoms with Gasteiger partial charge in [0.1, 0.15) is 0 Å². The number of aliphatic hydroxyl groups excluding tert-OH is 1. The molecule has 0 atom stereocenters. The normalized spacial score (nSPS) is 11.8. The molecule has 0 saturated carbocycles. The zero-order chi connectivity index (χ0) is 12.0. The van der Waals surface area contributed by atoms with E-state index in [0.717, 1.165) is 19.5 Å². The SMILES string of the molecule is Cc1cncc(CNCC(C)(C)CCO)c1. The van der Waals surface area contributed by atoms with E-state index in [0.29, 0.717) is 0 Å². The number of nitrogens with one attached hydrogen (secondary N) is 1. The first kappa shape index (κ1) is 13.1. The molecule has 0 saturated heterocycles. The molecule has 90 valence electrons. The third-order valence-electron chi connectivity index (χ3n) is 2.65. The predicted octanol–water partition coefficient (Wildman–Crippen LogP) is 1.89. The van der Waals surface area contributed by atoms with E-state index in [9.17, 15) is 0 Å². The Bertz CT molecular complexity index is 323. The molecule has 0 aliphatic carbocycles. The summed E-state index contributed by atoms with van der Waals surface area (Å²) in [7, 11) is 0. The smallest absolute Gasteiger partial charge is 0.0436 e. The molecule has 0 bridgehead atoms. The minimum Gasteiger partial charge on any atom is -0.396 e. The molecule has 0 aliphatic rings. The van der Waals surface area contributed by atoms with Crippen molar-refractivity contribution in [2.45, 2.75) is 33.7 Å². The largest absolute Gasteiger partial charge is 0.396 e. The van der Waals surface area contributed by atoms with E-state index in [1.807, 2.05) is 19.3 Å². The summed E-state index contributed by atoms with van der Waals surface area (Å²) >= 11 is 0. The summed E-state index contributed by atoms with van der Waals surface area (Å²) in [5, 5.41) is 12.3. The number of pyridine rings is 1. The Morgan fingerprint density at radius 2 is 2.12 bits per heavy atom. The Labute approximate surface area is 97.9 Å². The molecule has 3 heteroatoms. The fourth-order valence-corrected chi connectivity index (χ4v) is 1.65. The van der Waals surface area contributed by atoms with Crippen LogP contribution in [0.5, 0.6) is 0 Å². The summed E-state index contributed by atoms with van der Waals surface area (Å²) in [6, 6.07) is 2.14. The van der Waals surface area contributed by atoms with Gasteiger partial charge < -0.3 is 10.4 Å². The number of nitrogens with zero attached hydrogens (tertiary/aromatic N) is 1. The molecule has 0 fully saturated rings. The zero-order valence-electron chi connectivity index (χ0n) is 10.5. The van der Waals surface area contributed by atoms with Gasteiger partial charge in [0.2, 0.25) is 0 Å². The molecule has 0 radical (unpaired) electrons. The van der Waals surface area contributed by atoms with Crippen molar-refractivity contribution in [1.29, 1.82) is 0 Å². The maximum absolute atomic E-state index is 8.92. The maximum Gasteiger partial charge on any atom is 0.0436 e. The highest BCUT2D eigenvalue weighted by atomic mass is 16.3. The Balaban J connectivity index is 2.35. The lowest BCUT2D eigenvalue weighted by atomic mass is 9.90. The zero-order valence-corrected chi connectivity index (χ0v) is 10.5. The molecule has 2 N–H and O–H groups in total. The Hall–Kier alpha value is -0.930. The van der Waals surface area contributed by atoms with E-state index in [4.69, 9.17) is 5.11 Å². The summed E-state index contributed by atoms with van der Waals surface area (Å²) in [6.07, 6.45) is 4.57. The van der Waals surface area contributed by atoms with E-state index in [1.54, 1.807) is 0 Å². The van der Waals surface area contributed by atoms with Gasteiger partial charge in [0.05, 0.1) is 0 Å². The lowest BCUT2D eigenvalue weighted by Crippen LogP contribution is -2.29. The standard InChI is InChI=1S/C13H22N2O/c1-11-6-12(8-14-7-11)9-15-10-13(2,3)4-5-16/h6-8,15-16H,4-5,9-10H2,1-3H3. The van der Waals surface area contributed by atoms with Gasteiger partial charge in [0.25, 0.3) is 0 Å². The molecule has 1 aromatic heterocycles. The number of aryl methyl sites for hydroxylation is 1. The van der Waals surface area contributed by atoms with Gasteiger partial charge in [-0.25, -0.2) is 0 Å². The maximum atomic E-state index is 8.92. The van der Waals surface area contributed by atoms with Crippen molar-refractivity contribution >= 4 is 0 Å². The Morgan fingerprint density at radius 3 is 2.75 bits per heavy atom. The minimum absolute atomic E-state index is 0.145. The van der Waals surface area contributed by atoms with Gasteiger partial charge in [-0.3, -0.25) is 4.98 Å². The van der Waals surface area contributed by atoms with Gasteiger partial charge >= 0.3 is 0 Å². The van der Waals surface area contributed by atoms with E-state index >= 15 is 0 Å². The lowest BCUT2D eigenvalue weighted by molar-refractivity contribution is 0.207. The van der Waals surface area contributed by atoms with Crippen LogP contribution in [0.2, 0.25) is 0 Å². The molecule has 0 aliphatic heterocycles. The van der Waals surface area contributed by atoms with Gasteiger partial charge in [0.15, 0.2) is 0 Å². The van der Waals surface area contributed by atoms with Crippen molar-refractivity contribution in [1.82, 2.24) is 10.3 Å². The molecular formula is C13H22N2O. The minimum atomic E-state index is 0.145.